The number of hydrogen-bond donors (Lipinski definition) is 0. The fraction of sp³-hybridized carbons (Fsp3) is 0.545. The molecule has 0 bridgehead atoms. The Morgan fingerprint density at radius 2 is 2.11 bits per heavy atom. The van der Waals surface area contributed by atoms with Crippen molar-refractivity contribution < 1.29 is 0 Å². The van der Waals surface area contributed by atoms with Crippen molar-refractivity contribution in [2.24, 2.45) is 0 Å². The number of unbranched alkanes of at least 4 members (excludes halogenated alkanes) is 3. The van der Waals surface area contributed by atoms with E-state index in [1.165, 1.54) is 35.1 Å². The van der Waals surface area contributed by atoms with Crippen LogP contribution in [0, 0.1) is 0 Å². The molecule has 0 aromatic carbocycles. The average Bonchev–Trinajstić information content (AvgIpc) is 2.79. The van der Waals surface area contributed by atoms with Crippen LogP contribution in [0.25, 0.3) is 4.96 Å². The lowest BCUT2D eigenvalue weighted by Gasteiger charge is -1.97. The second-order valence-electron chi connectivity index (χ2n) is 3.99. The molecule has 0 fully saturated rings. The first-order valence-corrected chi connectivity index (χ1v) is 8.57. The molecule has 4 nitrogen and oxygen atoms in total. The third kappa shape index (κ3) is 3.62. The Morgan fingerprint density at radius 3 is 2.84 bits per heavy atom. The van der Waals surface area contributed by atoms with E-state index < -0.39 is 5.56 Å². The molecule has 0 radical (unpaired) electrons. The average molecular weight is 338 g/mol. The molecular formula is C11H13Cl2N3OS2. The zero-order valence-corrected chi connectivity index (χ0v) is 13.5. The summed E-state index contributed by atoms with van der Waals surface area (Å²) in [4.78, 5) is 15.8. The van der Waals surface area contributed by atoms with Crippen molar-refractivity contribution in [3.8, 4) is 0 Å². The van der Waals surface area contributed by atoms with Crippen LogP contribution in [0.3, 0.4) is 0 Å². The monoisotopic (exact) mass is 337 g/mol. The van der Waals surface area contributed by atoms with Gasteiger partial charge in [0.05, 0.1) is 0 Å². The summed E-state index contributed by atoms with van der Waals surface area (Å²) in [7, 11) is 0. The molecule has 19 heavy (non-hydrogen) atoms. The summed E-state index contributed by atoms with van der Waals surface area (Å²) in [5.74, 6) is 1.01. The van der Waals surface area contributed by atoms with Gasteiger partial charge in [-0.25, -0.2) is 0 Å². The van der Waals surface area contributed by atoms with Gasteiger partial charge < -0.3 is 0 Å². The third-order valence-electron chi connectivity index (χ3n) is 2.52. The van der Waals surface area contributed by atoms with Gasteiger partial charge in [0.25, 0.3) is 5.56 Å². The van der Waals surface area contributed by atoms with Gasteiger partial charge in [-0.2, -0.15) is 9.50 Å². The molecule has 0 aliphatic carbocycles. The zero-order chi connectivity index (χ0) is 13.8. The molecular weight excluding hydrogens is 325 g/mol. The molecule has 0 unspecified atom stereocenters. The summed E-state index contributed by atoms with van der Waals surface area (Å²) in [6, 6.07) is 0. The van der Waals surface area contributed by atoms with E-state index in [2.05, 4.69) is 17.0 Å². The Morgan fingerprint density at radius 1 is 1.32 bits per heavy atom. The van der Waals surface area contributed by atoms with Crippen molar-refractivity contribution >= 4 is 51.3 Å². The summed E-state index contributed by atoms with van der Waals surface area (Å²) >= 11 is 14.7. The van der Waals surface area contributed by atoms with Crippen LogP contribution in [0.4, 0.5) is 0 Å². The lowest BCUT2D eigenvalue weighted by atomic mass is 10.2. The van der Waals surface area contributed by atoms with Gasteiger partial charge in [0.2, 0.25) is 4.96 Å². The number of aromatic nitrogens is 3. The Hall–Kier alpha value is -0.300. The molecule has 0 N–H and O–H groups in total. The van der Waals surface area contributed by atoms with Gasteiger partial charge in [-0.15, -0.1) is 5.10 Å². The normalized spacial score (nSPS) is 11.3. The van der Waals surface area contributed by atoms with Gasteiger partial charge in [-0.05, 0) is 6.42 Å². The molecule has 0 saturated heterocycles. The maximum atomic E-state index is 11.4. The number of hydrogen-bond acceptors (Lipinski definition) is 5. The van der Waals surface area contributed by atoms with E-state index in [-0.39, 0.29) is 10.2 Å². The maximum Gasteiger partial charge on any atom is 0.294 e. The minimum atomic E-state index is -0.505. The number of nitrogens with zero attached hydrogens (tertiary/aromatic N) is 3. The van der Waals surface area contributed by atoms with Crippen LogP contribution in [0.5, 0.6) is 0 Å². The molecule has 2 aromatic heterocycles. The second kappa shape index (κ2) is 6.92. The number of thioether (sulfide) groups is 1. The van der Waals surface area contributed by atoms with Gasteiger partial charge >= 0.3 is 0 Å². The predicted molar refractivity (Wildman–Crippen MR) is 82.0 cm³/mol. The summed E-state index contributed by atoms with van der Waals surface area (Å²) in [6.07, 6.45) is 4.88. The van der Waals surface area contributed by atoms with E-state index in [0.29, 0.717) is 4.96 Å². The quantitative estimate of drug-likeness (QED) is 0.451. The molecule has 0 aliphatic rings. The number of halogens is 2. The molecule has 8 heteroatoms. The molecule has 0 aliphatic heterocycles. The van der Waals surface area contributed by atoms with E-state index in [0.717, 1.165) is 16.5 Å². The van der Waals surface area contributed by atoms with Crippen molar-refractivity contribution in [1.82, 2.24) is 14.6 Å². The van der Waals surface area contributed by atoms with Crippen molar-refractivity contribution in [2.75, 3.05) is 5.75 Å². The molecule has 0 atom stereocenters. The van der Waals surface area contributed by atoms with Crippen molar-refractivity contribution in [3.05, 3.63) is 20.5 Å². The van der Waals surface area contributed by atoms with E-state index in [4.69, 9.17) is 23.2 Å². The lowest BCUT2D eigenvalue weighted by molar-refractivity contribution is 0.706. The van der Waals surface area contributed by atoms with Crippen LogP contribution in [-0.4, -0.2) is 20.4 Å². The van der Waals surface area contributed by atoms with Crippen molar-refractivity contribution in [1.29, 1.82) is 0 Å². The summed E-state index contributed by atoms with van der Waals surface area (Å²) in [5, 5.41) is 4.36. The first-order chi connectivity index (χ1) is 9.13. The van der Waals surface area contributed by atoms with E-state index >= 15 is 0 Å². The Kier molecular flexibility index (Phi) is 5.50. The van der Waals surface area contributed by atoms with Gasteiger partial charge in [-0.1, -0.05) is 72.5 Å². The van der Waals surface area contributed by atoms with Gasteiger partial charge in [0.15, 0.2) is 9.49 Å². The highest BCUT2D eigenvalue weighted by Gasteiger charge is 2.13. The SMILES string of the molecule is CCCCCCSc1nn2c(Cl)c(Cl)c(=O)nc2s1. The van der Waals surface area contributed by atoms with Crippen LogP contribution < -0.4 is 5.56 Å². The standard InChI is InChI=1S/C11H13Cl2N3OS2/c1-2-3-4-5-6-18-11-15-16-8(13)7(12)9(17)14-10(16)19-11/h2-6H2,1H3. The molecule has 0 amide bonds. The van der Waals surface area contributed by atoms with Crippen molar-refractivity contribution in [2.45, 2.75) is 36.9 Å². The van der Waals surface area contributed by atoms with E-state index in [1.807, 2.05) is 0 Å². The smallest absolute Gasteiger partial charge is 0.266 e. The molecule has 2 aromatic rings. The van der Waals surface area contributed by atoms with Crippen LogP contribution in [-0.2, 0) is 0 Å². The Bertz CT molecular complexity index is 626. The van der Waals surface area contributed by atoms with Crippen LogP contribution in [0.15, 0.2) is 9.13 Å². The topological polar surface area (TPSA) is 47.3 Å². The summed E-state index contributed by atoms with van der Waals surface area (Å²) in [6.45, 7) is 2.19. The minimum Gasteiger partial charge on any atom is -0.266 e. The second-order valence-corrected chi connectivity index (χ2v) is 7.03. The Balaban J connectivity index is 2.09. The van der Waals surface area contributed by atoms with Gasteiger partial charge in [0.1, 0.15) is 5.02 Å². The van der Waals surface area contributed by atoms with Crippen LogP contribution >= 0.6 is 46.3 Å². The summed E-state index contributed by atoms with van der Waals surface area (Å²) in [5.41, 5.74) is -0.505. The Labute approximate surface area is 129 Å². The van der Waals surface area contributed by atoms with Gasteiger partial charge in [0, 0.05) is 5.75 Å². The predicted octanol–water partition coefficient (Wildman–Crippen LogP) is 4.13. The fourth-order valence-corrected chi connectivity index (χ4v) is 3.90. The lowest BCUT2D eigenvalue weighted by Crippen LogP contribution is -2.10. The number of fused-ring (bicyclic) bond motifs is 1. The third-order valence-corrected chi connectivity index (χ3v) is 5.43. The molecule has 0 saturated carbocycles. The largest absolute Gasteiger partial charge is 0.294 e. The van der Waals surface area contributed by atoms with Crippen molar-refractivity contribution in [3.63, 3.8) is 0 Å². The van der Waals surface area contributed by atoms with E-state index in [9.17, 15) is 4.79 Å². The first-order valence-electron chi connectivity index (χ1n) is 6.01. The maximum absolute atomic E-state index is 11.4. The summed E-state index contributed by atoms with van der Waals surface area (Å²) < 4.78 is 2.28. The van der Waals surface area contributed by atoms with Crippen LogP contribution in [0.2, 0.25) is 10.2 Å². The highest BCUT2D eigenvalue weighted by molar-refractivity contribution is 8.01. The minimum absolute atomic E-state index is 0.0797. The first kappa shape index (κ1) is 15.1. The highest BCUT2D eigenvalue weighted by atomic mass is 35.5. The molecule has 0 spiro atoms. The van der Waals surface area contributed by atoms with Gasteiger partial charge in [-0.3, -0.25) is 4.79 Å². The number of rotatable bonds is 6. The highest BCUT2D eigenvalue weighted by Crippen LogP contribution is 2.27. The fourth-order valence-electron chi connectivity index (χ4n) is 1.53. The zero-order valence-electron chi connectivity index (χ0n) is 10.4. The molecule has 2 rings (SSSR count). The van der Waals surface area contributed by atoms with E-state index in [1.54, 1.807) is 11.8 Å². The molecule has 104 valence electrons. The molecule has 2 heterocycles. The van der Waals surface area contributed by atoms with Crippen LogP contribution in [0.1, 0.15) is 32.6 Å².